The smallest absolute Gasteiger partial charge is 0.0340 e. The van der Waals surface area contributed by atoms with Gasteiger partial charge in [0.2, 0.25) is 0 Å². The highest BCUT2D eigenvalue weighted by atomic mass is 15.1. The molecular formula is C13H22N2. The molecule has 0 spiro atoms. The molecule has 0 saturated carbocycles. The van der Waals surface area contributed by atoms with Crippen LogP contribution in [0.4, 0.5) is 5.69 Å². The molecule has 0 aromatic heterocycles. The molecule has 84 valence electrons. The maximum atomic E-state index is 3.17. The fourth-order valence-corrected chi connectivity index (χ4v) is 1.71. The Hall–Kier alpha value is -1.02. The first-order valence-electron chi connectivity index (χ1n) is 5.79. The summed E-state index contributed by atoms with van der Waals surface area (Å²) in [6.45, 7) is 7.87. The number of anilines is 1. The molecule has 0 aliphatic heterocycles. The molecule has 15 heavy (non-hydrogen) atoms. The van der Waals surface area contributed by atoms with E-state index in [1.165, 1.54) is 11.3 Å². The fourth-order valence-electron chi connectivity index (χ4n) is 1.71. The monoisotopic (exact) mass is 206 g/mol. The summed E-state index contributed by atoms with van der Waals surface area (Å²) >= 11 is 0. The van der Waals surface area contributed by atoms with Crippen molar-refractivity contribution in [2.75, 3.05) is 32.0 Å². The molecule has 0 heterocycles. The van der Waals surface area contributed by atoms with Crippen LogP contribution in [0.1, 0.15) is 19.4 Å². The highest BCUT2D eigenvalue weighted by Crippen LogP contribution is 2.10. The quantitative estimate of drug-likeness (QED) is 0.769. The Morgan fingerprint density at radius 2 is 1.93 bits per heavy atom. The van der Waals surface area contributed by atoms with Crippen molar-refractivity contribution in [2.24, 2.45) is 0 Å². The minimum Gasteiger partial charge on any atom is -0.388 e. The maximum absolute atomic E-state index is 3.17. The lowest BCUT2D eigenvalue weighted by Gasteiger charge is -2.17. The fraction of sp³-hybridized carbons (Fsp3) is 0.538. The Morgan fingerprint density at radius 3 is 2.53 bits per heavy atom. The summed E-state index contributed by atoms with van der Waals surface area (Å²) in [5, 5.41) is 3.17. The number of hydrogen-bond acceptors (Lipinski definition) is 2. The first-order chi connectivity index (χ1) is 7.30. The highest BCUT2D eigenvalue weighted by Gasteiger charge is 2.00. The van der Waals surface area contributed by atoms with Crippen LogP contribution < -0.4 is 5.32 Å². The van der Waals surface area contributed by atoms with E-state index in [9.17, 15) is 0 Å². The Kier molecular flexibility index (Phi) is 5.19. The van der Waals surface area contributed by atoms with E-state index >= 15 is 0 Å². The van der Waals surface area contributed by atoms with E-state index in [4.69, 9.17) is 0 Å². The third kappa shape index (κ3) is 3.92. The van der Waals surface area contributed by atoms with Crippen LogP contribution in [-0.2, 0) is 6.42 Å². The Morgan fingerprint density at radius 1 is 1.20 bits per heavy atom. The van der Waals surface area contributed by atoms with E-state index in [2.05, 4.69) is 48.3 Å². The molecule has 0 atom stereocenters. The first-order valence-corrected chi connectivity index (χ1v) is 5.79. The summed E-state index contributed by atoms with van der Waals surface area (Å²) in [5.41, 5.74) is 2.61. The van der Waals surface area contributed by atoms with Gasteiger partial charge in [-0.05, 0) is 37.2 Å². The van der Waals surface area contributed by atoms with E-state index in [-0.39, 0.29) is 0 Å². The maximum Gasteiger partial charge on any atom is 0.0340 e. The molecule has 0 radical (unpaired) electrons. The van der Waals surface area contributed by atoms with Crippen LogP contribution in [0.25, 0.3) is 0 Å². The molecule has 0 aliphatic rings. The number of likely N-dealkylation sites (N-methyl/N-ethyl adjacent to an activating group) is 1. The van der Waals surface area contributed by atoms with Crippen molar-refractivity contribution in [1.29, 1.82) is 0 Å². The van der Waals surface area contributed by atoms with E-state index in [0.717, 1.165) is 26.1 Å². The first kappa shape index (κ1) is 12.1. The van der Waals surface area contributed by atoms with Crippen molar-refractivity contribution in [3.8, 4) is 0 Å². The Bertz CT molecular complexity index is 280. The molecule has 1 rings (SSSR count). The van der Waals surface area contributed by atoms with Gasteiger partial charge in [-0.25, -0.2) is 0 Å². The highest BCUT2D eigenvalue weighted by molar-refractivity contribution is 5.45. The number of nitrogens with zero attached hydrogens (tertiary/aromatic N) is 1. The Labute approximate surface area is 93.3 Å². The second kappa shape index (κ2) is 6.46. The van der Waals surface area contributed by atoms with Crippen LogP contribution in [0, 0.1) is 0 Å². The van der Waals surface area contributed by atoms with Crippen LogP contribution in [0.5, 0.6) is 0 Å². The summed E-state index contributed by atoms with van der Waals surface area (Å²) in [4.78, 5) is 2.45. The third-order valence-electron chi connectivity index (χ3n) is 2.83. The average molecular weight is 206 g/mol. The molecule has 2 nitrogen and oxygen atoms in total. The van der Waals surface area contributed by atoms with Gasteiger partial charge in [-0.1, -0.05) is 26.0 Å². The molecule has 0 aliphatic carbocycles. The minimum atomic E-state index is 1.14. The van der Waals surface area contributed by atoms with Crippen molar-refractivity contribution in [3.63, 3.8) is 0 Å². The topological polar surface area (TPSA) is 15.3 Å². The summed E-state index contributed by atoms with van der Waals surface area (Å²) in [5.74, 6) is 0. The standard InChI is InChI=1S/C13H22N2/c1-4-15(5-2)10-9-12-7-6-8-13(11-12)14-3/h6-8,11,14H,4-5,9-10H2,1-3H3. The van der Waals surface area contributed by atoms with Gasteiger partial charge in [0.05, 0.1) is 0 Å². The van der Waals surface area contributed by atoms with Gasteiger partial charge in [0, 0.05) is 19.3 Å². The lowest BCUT2D eigenvalue weighted by atomic mass is 10.1. The van der Waals surface area contributed by atoms with Crippen molar-refractivity contribution >= 4 is 5.69 Å². The van der Waals surface area contributed by atoms with Gasteiger partial charge in [0.25, 0.3) is 0 Å². The van der Waals surface area contributed by atoms with E-state index in [0.29, 0.717) is 0 Å². The van der Waals surface area contributed by atoms with Crippen molar-refractivity contribution in [3.05, 3.63) is 29.8 Å². The lowest BCUT2D eigenvalue weighted by Crippen LogP contribution is -2.25. The molecule has 2 heteroatoms. The number of nitrogens with one attached hydrogen (secondary N) is 1. The number of benzene rings is 1. The molecule has 0 amide bonds. The van der Waals surface area contributed by atoms with Gasteiger partial charge in [0.1, 0.15) is 0 Å². The van der Waals surface area contributed by atoms with Crippen LogP contribution in [0.2, 0.25) is 0 Å². The van der Waals surface area contributed by atoms with E-state index < -0.39 is 0 Å². The molecule has 0 fully saturated rings. The number of hydrogen-bond donors (Lipinski definition) is 1. The average Bonchev–Trinajstić information content (AvgIpc) is 2.31. The van der Waals surface area contributed by atoms with Gasteiger partial charge in [-0.3, -0.25) is 0 Å². The third-order valence-corrected chi connectivity index (χ3v) is 2.83. The van der Waals surface area contributed by atoms with Gasteiger partial charge in [-0.2, -0.15) is 0 Å². The molecule has 0 bridgehead atoms. The second-order valence-electron chi connectivity index (χ2n) is 3.73. The summed E-state index contributed by atoms with van der Waals surface area (Å²) < 4.78 is 0. The predicted molar refractivity (Wildman–Crippen MR) is 67.5 cm³/mol. The molecule has 1 aromatic rings. The van der Waals surface area contributed by atoms with Crippen LogP contribution in [0.3, 0.4) is 0 Å². The lowest BCUT2D eigenvalue weighted by molar-refractivity contribution is 0.308. The van der Waals surface area contributed by atoms with Crippen LogP contribution in [-0.4, -0.2) is 31.6 Å². The molecule has 0 saturated heterocycles. The SMILES string of the molecule is CCN(CC)CCc1cccc(NC)c1. The van der Waals surface area contributed by atoms with Gasteiger partial charge >= 0.3 is 0 Å². The van der Waals surface area contributed by atoms with Gasteiger partial charge in [-0.15, -0.1) is 0 Å². The molecule has 0 unspecified atom stereocenters. The van der Waals surface area contributed by atoms with Gasteiger partial charge in [0.15, 0.2) is 0 Å². The second-order valence-corrected chi connectivity index (χ2v) is 3.73. The van der Waals surface area contributed by atoms with Gasteiger partial charge < -0.3 is 10.2 Å². The van der Waals surface area contributed by atoms with Crippen molar-refractivity contribution in [2.45, 2.75) is 20.3 Å². The van der Waals surface area contributed by atoms with E-state index in [1.807, 2.05) is 7.05 Å². The predicted octanol–water partition coefficient (Wildman–Crippen LogP) is 2.61. The Balaban J connectivity index is 2.49. The van der Waals surface area contributed by atoms with Crippen LogP contribution in [0.15, 0.2) is 24.3 Å². The zero-order valence-corrected chi connectivity index (χ0v) is 10.1. The number of rotatable bonds is 6. The molecular weight excluding hydrogens is 184 g/mol. The molecule has 1 aromatic carbocycles. The zero-order chi connectivity index (χ0) is 11.1. The van der Waals surface area contributed by atoms with Crippen molar-refractivity contribution < 1.29 is 0 Å². The van der Waals surface area contributed by atoms with Crippen molar-refractivity contribution in [1.82, 2.24) is 4.90 Å². The van der Waals surface area contributed by atoms with Crippen LogP contribution >= 0.6 is 0 Å². The summed E-state index contributed by atoms with van der Waals surface area (Å²) in [6.07, 6.45) is 1.14. The zero-order valence-electron chi connectivity index (χ0n) is 10.1. The normalized spacial score (nSPS) is 10.7. The summed E-state index contributed by atoms with van der Waals surface area (Å²) in [6, 6.07) is 8.64. The summed E-state index contributed by atoms with van der Waals surface area (Å²) in [7, 11) is 1.96. The minimum absolute atomic E-state index is 1.14. The van der Waals surface area contributed by atoms with E-state index in [1.54, 1.807) is 0 Å². The largest absolute Gasteiger partial charge is 0.388 e. The molecule has 1 N–H and O–H groups in total.